The number of benzene rings is 2. The number of rotatable bonds is 8. The second kappa shape index (κ2) is 10.3. The van der Waals surface area contributed by atoms with Crippen molar-refractivity contribution >= 4 is 23.3 Å². The van der Waals surface area contributed by atoms with E-state index in [2.05, 4.69) is 10.6 Å². The monoisotopic (exact) mass is 406 g/mol. The molecule has 0 aliphatic heterocycles. The van der Waals surface area contributed by atoms with E-state index < -0.39 is 11.9 Å². The summed E-state index contributed by atoms with van der Waals surface area (Å²) in [5.74, 6) is -0.794. The van der Waals surface area contributed by atoms with Crippen molar-refractivity contribution < 1.29 is 19.1 Å². The molecule has 2 aromatic rings. The molecule has 156 valence electrons. The number of allylic oxidation sites excluding steroid dienone is 2. The van der Waals surface area contributed by atoms with E-state index in [1.54, 1.807) is 13.8 Å². The third kappa shape index (κ3) is 5.29. The SMILES string of the molecule is CCOC(=O)C1=C(Nc2ccccc2)CC(C(=O)OCC)=C(Nc2ccccc2)C1. The second-order valence-electron chi connectivity index (χ2n) is 6.69. The topological polar surface area (TPSA) is 76.7 Å². The van der Waals surface area contributed by atoms with Crippen LogP contribution in [0.15, 0.2) is 83.2 Å². The second-order valence-corrected chi connectivity index (χ2v) is 6.69. The van der Waals surface area contributed by atoms with Gasteiger partial charge in [0.25, 0.3) is 0 Å². The van der Waals surface area contributed by atoms with Gasteiger partial charge in [0.1, 0.15) is 0 Å². The summed E-state index contributed by atoms with van der Waals surface area (Å²) in [4.78, 5) is 25.4. The molecule has 1 aliphatic rings. The van der Waals surface area contributed by atoms with Gasteiger partial charge in [0.2, 0.25) is 0 Å². The van der Waals surface area contributed by atoms with Gasteiger partial charge in [0, 0.05) is 35.6 Å². The Morgan fingerprint density at radius 1 is 0.700 bits per heavy atom. The van der Waals surface area contributed by atoms with Crippen molar-refractivity contribution in [1.29, 1.82) is 0 Å². The predicted molar refractivity (Wildman–Crippen MR) is 117 cm³/mol. The molecule has 6 nitrogen and oxygen atoms in total. The van der Waals surface area contributed by atoms with Gasteiger partial charge in [-0.2, -0.15) is 0 Å². The number of hydrogen-bond donors (Lipinski definition) is 2. The summed E-state index contributed by atoms with van der Waals surface area (Å²) >= 11 is 0. The van der Waals surface area contributed by atoms with E-state index >= 15 is 0 Å². The number of nitrogens with one attached hydrogen (secondary N) is 2. The minimum absolute atomic E-state index is 0.233. The number of para-hydroxylation sites is 2. The fraction of sp³-hybridized carbons (Fsp3) is 0.250. The van der Waals surface area contributed by atoms with Crippen LogP contribution in [-0.2, 0) is 19.1 Å². The summed E-state index contributed by atoms with van der Waals surface area (Å²) in [7, 11) is 0. The number of carbonyl (C=O) groups is 2. The molecule has 0 aromatic heterocycles. The zero-order valence-corrected chi connectivity index (χ0v) is 17.2. The highest BCUT2D eigenvalue weighted by atomic mass is 16.5. The summed E-state index contributed by atoms with van der Waals surface area (Å²) in [5.41, 5.74) is 3.93. The van der Waals surface area contributed by atoms with Crippen molar-refractivity contribution in [3.8, 4) is 0 Å². The molecule has 0 saturated heterocycles. The first-order valence-electron chi connectivity index (χ1n) is 10.0. The lowest BCUT2D eigenvalue weighted by Crippen LogP contribution is -2.25. The summed E-state index contributed by atoms with van der Waals surface area (Å²) < 4.78 is 10.6. The highest BCUT2D eigenvalue weighted by Crippen LogP contribution is 2.33. The Morgan fingerprint density at radius 2 is 1.07 bits per heavy atom. The molecule has 3 rings (SSSR count). The van der Waals surface area contributed by atoms with Gasteiger partial charge in [-0.05, 0) is 38.1 Å². The number of anilines is 2. The van der Waals surface area contributed by atoms with Crippen molar-refractivity contribution in [3.63, 3.8) is 0 Å². The molecule has 0 fully saturated rings. The minimum atomic E-state index is -0.397. The normalized spacial score (nSPS) is 13.7. The van der Waals surface area contributed by atoms with E-state index in [-0.39, 0.29) is 26.1 Å². The van der Waals surface area contributed by atoms with Crippen LogP contribution in [0, 0.1) is 0 Å². The van der Waals surface area contributed by atoms with Crippen LogP contribution in [0.3, 0.4) is 0 Å². The molecule has 0 atom stereocenters. The van der Waals surface area contributed by atoms with Crippen LogP contribution in [-0.4, -0.2) is 25.2 Å². The smallest absolute Gasteiger partial charge is 0.336 e. The lowest BCUT2D eigenvalue weighted by atomic mass is 9.92. The molecule has 0 bridgehead atoms. The summed E-state index contributed by atoms with van der Waals surface area (Å²) in [6.45, 7) is 4.09. The lowest BCUT2D eigenvalue weighted by molar-refractivity contribution is -0.140. The van der Waals surface area contributed by atoms with Crippen LogP contribution >= 0.6 is 0 Å². The van der Waals surface area contributed by atoms with Crippen molar-refractivity contribution in [2.45, 2.75) is 26.7 Å². The molecule has 0 unspecified atom stereocenters. The van der Waals surface area contributed by atoms with E-state index in [1.807, 2.05) is 60.7 Å². The maximum atomic E-state index is 12.7. The van der Waals surface area contributed by atoms with Crippen molar-refractivity contribution in [3.05, 3.63) is 83.2 Å². The predicted octanol–water partition coefficient (Wildman–Crippen LogP) is 4.64. The van der Waals surface area contributed by atoms with Crippen LogP contribution in [0.2, 0.25) is 0 Å². The Hall–Kier alpha value is -3.54. The van der Waals surface area contributed by atoms with Gasteiger partial charge in [0.05, 0.1) is 24.4 Å². The zero-order valence-electron chi connectivity index (χ0n) is 17.2. The molecule has 0 spiro atoms. The minimum Gasteiger partial charge on any atom is -0.463 e. The van der Waals surface area contributed by atoms with Crippen LogP contribution in [0.1, 0.15) is 26.7 Å². The molecule has 2 N–H and O–H groups in total. The summed E-state index contributed by atoms with van der Waals surface area (Å²) in [6.07, 6.45) is 0.466. The van der Waals surface area contributed by atoms with Gasteiger partial charge in [-0.15, -0.1) is 0 Å². The van der Waals surface area contributed by atoms with Crippen molar-refractivity contribution in [2.24, 2.45) is 0 Å². The van der Waals surface area contributed by atoms with E-state index in [1.165, 1.54) is 0 Å². The fourth-order valence-electron chi connectivity index (χ4n) is 3.24. The number of hydrogen-bond acceptors (Lipinski definition) is 6. The molecule has 6 heteroatoms. The summed E-state index contributed by atoms with van der Waals surface area (Å²) in [5, 5.41) is 6.58. The van der Waals surface area contributed by atoms with E-state index in [0.717, 1.165) is 11.4 Å². The highest BCUT2D eigenvalue weighted by Gasteiger charge is 2.30. The molecule has 0 heterocycles. The highest BCUT2D eigenvalue weighted by molar-refractivity contribution is 5.96. The lowest BCUT2D eigenvalue weighted by Gasteiger charge is -2.26. The molecule has 2 aromatic carbocycles. The van der Waals surface area contributed by atoms with Gasteiger partial charge in [-0.3, -0.25) is 0 Å². The number of esters is 2. The van der Waals surface area contributed by atoms with E-state index in [4.69, 9.17) is 9.47 Å². The third-order valence-corrected chi connectivity index (χ3v) is 4.62. The van der Waals surface area contributed by atoms with Crippen molar-refractivity contribution in [1.82, 2.24) is 0 Å². The fourth-order valence-corrected chi connectivity index (χ4v) is 3.24. The first-order chi connectivity index (χ1) is 14.6. The average Bonchev–Trinajstić information content (AvgIpc) is 2.76. The van der Waals surface area contributed by atoms with Gasteiger partial charge >= 0.3 is 11.9 Å². The molecule has 1 aliphatic carbocycles. The molecule has 0 amide bonds. The molecule has 0 radical (unpaired) electrons. The maximum absolute atomic E-state index is 12.7. The number of carbonyl (C=O) groups excluding carboxylic acids is 2. The summed E-state index contributed by atoms with van der Waals surface area (Å²) in [6, 6.07) is 19.1. The van der Waals surface area contributed by atoms with Gasteiger partial charge in [-0.25, -0.2) is 9.59 Å². The Morgan fingerprint density at radius 3 is 1.40 bits per heavy atom. The zero-order chi connectivity index (χ0) is 21.3. The van der Waals surface area contributed by atoms with Gasteiger partial charge in [-0.1, -0.05) is 36.4 Å². The first-order valence-corrected chi connectivity index (χ1v) is 10.0. The quantitative estimate of drug-likeness (QED) is 0.622. The molecular formula is C24H26N2O4. The van der Waals surface area contributed by atoms with Crippen LogP contribution in [0.5, 0.6) is 0 Å². The molecular weight excluding hydrogens is 380 g/mol. The molecule has 30 heavy (non-hydrogen) atoms. The Bertz CT molecular complexity index is 870. The number of ether oxygens (including phenoxy) is 2. The van der Waals surface area contributed by atoms with Crippen LogP contribution in [0.4, 0.5) is 11.4 Å². The first kappa shape index (κ1) is 21.2. The Kier molecular flexibility index (Phi) is 7.27. The van der Waals surface area contributed by atoms with Gasteiger partial charge in [0.15, 0.2) is 0 Å². The van der Waals surface area contributed by atoms with E-state index in [9.17, 15) is 9.59 Å². The Balaban J connectivity index is 1.98. The Labute approximate surface area is 176 Å². The van der Waals surface area contributed by atoms with E-state index in [0.29, 0.717) is 22.5 Å². The standard InChI is InChI=1S/C24H26N2O4/c1-3-29-23(27)19-15-22(26-18-13-9-6-10-14-18)20(24(28)30-4-2)16-21(19)25-17-11-7-5-8-12-17/h5-14,25-26H,3-4,15-16H2,1-2H3. The van der Waals surface area contributed by atoms with Crippen LogP contribution < -0.4 is 10.6 Å². The van der Waals surface area contributed by atoms with Crippen molar-refractivity contribution in [2.75, 3.05) is 23.8 Å². The van der Waals surface area contributed by atoms with Crippen LogP contribution in [0.25, 0.3) is 0 Å². The average molecular weight is 406 g/mol. The largest absolute Gasteiger partial charge is 0.463 e. The maximum Gasteiger partial charge on any atom is 0.336 e. The van der Waals surface area contributed by atoms with Gasteiger partial charge < -0.3 is 20.1 Å². The third-order valence-electron chi connectivity index (χ3n) is 4.62. The molecule has 0 saturated carbocycles.